The summed E-state index contributed by atoms with van der Waals surface area (Å²) < 4.78 is 17.0. The van der Waals surface area contributed by atoms with E-state index < -0.39 is 11.9 Å². The Morgan fingerprint density at radius 2 is 2.03 bits per heavy atom. The molecule has 0 saturated heterocycles. The van der Waals surface area contributed by atoms with Crippen LogP contribution in [0.2, 0.25) is 5.02 Å². The van der Waals surface area contributed by atoms with Crippen molar-refractivity contribution in [1.29, 1.82) is 0 Å². The van der Waals surface area contributed by atoms with Crippen molar-refractivity contribution in [3.05, 3.63) is 74.0 Å². The first-order valence-electron chi connectivity index (χ1n) is 9.70. The largest absolute Gasteiger partial charge is 0.493 e. The van der Waals surface area contributed by atoms with E-state index in [1.165, 1.54) is 34.9 Å². The third kappa shape index (κ3) is 3.12. The lowest BCUT2D eigenvalue weighted by atomic mass is 9.98. The van der Waals surface area contributed by atoms with E-state index in [2.05, 4.69) is 10.2 Å². The fraction of sp³-hybridized carbons (Fsp3) is 0.182. The minimum absolute atomic E-state index is 0.0297. The second-order valence-corrected chi connectivity index (χ2v) is 8.20. The molecule has 5 rings (SSSR count). The molecule has 1 aliphatic heterocycles. The number of ether oxygens (including phenoxy) is 2. The maximum absolute atomic E-state index is 13.6. The van der Waals surface area contributed by atoms with E-state index in [0.29, 0.717) is 39.2 Å². The third-order valence-electron chi connectivity index (χ3n) is 5.19. The predicted octanol–water partition coefficient (Wildman–Crippen LogP) is 4.46. The summed E-state index contributed by atoms with van der Waals surface area (Å²) in [6.45, 7) is 2.34. The van der Waals surface area contributed by atoms with Crippen LogP contribution in [0.25, 0.3) is 11.0 Å². The number of fused-ring (bicyclic) bond motifs is 2. The van der Waals surface area contributed by atoms with Crippen molar-refractivity contribution in [1.82, 2.24) is 10.2 Å². The van der Waals surface area contributed by atoms with Crippen molar-refractivity contribution in [2.45, 2.75) is 13.0 Å². The maximum atomic E-state index is 13.6. The average molecular weight is 470 g/mol. The van der Waals surface area contributed by atoms with E-state index in [0.717, 1.165) is 0 Å². The van der Waals surface area contributed by atoms with Gasteiger partial charge < -0.3 is 13.9 Å². The standard InChI is InChI=1S/C22H16ClN3O5S/c1-3-30-15-6-4-11(8-16(15)29-2)18-17-19(27)13-9-12(23)5-7-14(13)31-20(17)21(28)26(18)22-25-24-10-32-22/h4-10,18H,3H2,1-2H3. The topological polar surface area (TPSA) is 94.8 Å². The highest BCUT2D eigenvalue weighted by atomic mass is 35.5. The first-order valence-corrected chi connectivity index (χ1v) is 11.0. The number of hydrogen-bond donors (Lipinski definition) is 0. The van der Waals surface area contributed by atoms with Gasteiger partial charge in [-0.05, 0) is 42.8 Å². The second kappa shape index (κ2) is 7.92. The van der Waals surface area contributed by atoms with Gasteiger partial charge in [0.15, 0.2) is 16.9 Å². The van der Waals surface area contributed by atoms with Crippen LogP contribution in [-0.4, -0.2) is 29.8 Å². The summed E-state index contributed by atoms with van der Waals surface area (Å²) in [7, 11) is 1.53. The normalized spacial score (nSPS) is 15.3. The Labute approximate surface area is 191 Å². The zero-order valence-corrected chi connectivity index (χ0v) is 18.6. The molecular weight excluding hydrogens is 454 g/mol. The molecule has 162 valence electrons. The number of anilines is 1. The van der Waals surface area contributed by atoms with Crippen molar-refractivity contribution in [3.8, 4) is 11.5 Å². The van der Waals surface area contributed by atoms with Crippen LogP contribution < -0.4 is 19.8 Å². The average Bonchev–Trinajstić information content (AvgIpc) is 3.41. The molecule has 1 aliphatic rings. The van der Waals surface area contributed by atoms with E-state index in [1.807, 2.05) is 6.92 Å². The number of nitrogens with zero attached hydrogens (tertiary/aromatic N) is 3. The molecule has 0 saturated carbocycles. The monoisotopic (exact) mass is 469 g/mol. The van der Waals surface area contributed by atoms with Crippen LogP contribution >= 0.6 is 22.9 Å². The van der Waals surface area contributed by atoms with Gasteiger partial charge >= 0.3 is 0 Å². The van der Waals surface area contributed by atoms with E-state index in [4.69, 9.17) is 25.5 Å². The molecule has 1 atom stereocenters. The molecule has 3 heterocycles. The highest BCUT2D eigenvalue weighted by Crippen LogP contribution is 2.43. The van der Waals surface area contributed by atoms with Gasteiger partial charge in [-0.3, -0.25) is 14.5 Å². The Bertz CT molecular complexity index is 1400. The van der Waals surface area contributed by atoms with Gasteiger partial charge in [0.25, 0.3) is 5.91 Å². The summed E-state index contributed by atoms with van der Waals surface area (Å²) in [5, 5.41) is 8.96. The molecule has 2 aromatic heterocycles. The minimum atomic E-state index is -0.783. The number of hydrogen-bond acceptors (Lipinski definition) is 8. The number of amides is 1. The fourth-order valence-electron chi connectivity index (χ4n) is 3.86. The zero-order chi connectivity index (χ0) is 22.4. The molecule has 10 heteroatoms. The fourth-order valence-corrected chi connectivity index (χ4v) is 4.62. The summed E-state index contributed by atoms with van der Waals surface area (Å²) in [5.41, 5.74) is 2.33. The molecule has 4 aromatic rings. The van der Waals surface area contributed by atoms with Gasteiger partial charge in [-0.2, -0.15) is 0 Å². The summed E-state index contributed by atoms with van der Waals surface area (Å²) in [6.07, 6.45) is 0. The molecule has 0 radical (unpaired) electrons. The van der Waals surface area contributed by atoms with Crippen LogP contribution in [0.3, 0.4) is 0 Å². The molecule has 0 bridgehead atoms. The number of methoxy groups -OCH3 is 1. The number of halogens is 1. The molecule has 32 heavy (non-hydrogen) atoms. The number of rotatable bonds is 5. The van der Waals surface area contributed by atoms with Crippen molar-refractivity contribution < 1.29 is 18.7 Å². The highest BCUT2D eigenvalue weighted by Gasteiger charge is 2.45. The summed E-state index contributed by atoms with van der Waals surface area (Å²) in [5.74, 6) is 0.542. The molecule has 8 nitrogen and oxygen atoms in total. The van der Waals surface area contributed by atoms with Crippen molar-refractivity contribution >= 4 is 44.9 Å². The summed E-state index contributed by atoms with van der Waals surface area (Å²) in [6, 6.07) is 9.22. The third-order valence-corrected chi connectivity index (χ3v) is 6.11. The van der Waals surface area contributed by atoms with Gasteiger partial charge in [0.1, 0.15) is 11.1 Å². The summed E-state index contributed by atoms with van der Waals surface area (Å²) in [4.78, 5) is 28.4. The minimum Gasteiger partial charge on any atom is -0.493 e. The number of carbonyl (C=O) groups excluding carboxylic acids is 1. The van der Waals surface area contributed by atoms with Crippen molar-refractivity contribution in [3.63, 3.8) is 0 Å². The van der Waals surface area contributed by atoms with E-state index in [9.17, 15) is 9.59 Å². The van der Waals surface area contributed by atoms with Crippen LogP contribution in [-0.2, 0) is 0 Å². The smallest absolute Gasteiger partial charge is 0.297 e. The second-order valence-electron chi connectivity index (χ2n) is 6.96. The van der Waals surface area contributed by atoms with E-state index in [-0.39, 0.29) is 22.3 Å². The molecular formula is C22H16ClN3O5S. The first-order chi connectivity index (χ1) is 15.5. The Morgan fingerprint density at radius 3 is 2.75 bits per heavy atom. The maximum Gasteiger partial charge on any atom is 0.297 e. The van der Waals surface area contributed by atoms with Gasteiger partial charge in [-0.1, -0.05) is 29.0 Å². The zero-order valence-electron chi connectivity index (χ0n) is 17.0. The Morgan fingerprint density at radius 1 is 1.19 bits per heavy atom. The van der Waals surface area contributed by atoms with Crippen LogP contribution in [0.5, 0.6) is 11.5 Å². The van der Waals surface area contributed by atoms with Crippen LogP contribution in [0.1, 0.15) is 34.6 Å². The van der Waals surface area contributed by atoms with Gasteiger partial charge in [-0.15, -0.1) is 10.2 Å². The molecule has 1 unspecified atom stereocenters. The molecule has 0 fully saturated rings. The lowest BCUT2D eigenvalue weighted by molar-refractivity contribution is 0.0970. The molecule has 2 aromatic carbocycles. The number of aromatic nitrogens is 2. The van der Waals surface area contributed by atoms with E-state index in [1.54, 1.807) is 30.3 Å². The SMILES string of the molecule is CCOc1ccc(C2c3c(oc4ccc(Cl)cc4c3=O)C(=O)N2c2nncs2)cc1OC. The van der Waals surface area contributed by atoms with E-state index >= 15 is 0 Å². The summed E-state index contributed by atoms with van der Waals surface area (Å²) >= 11 is 7.30. The van der Waals surface area contributed by atoms with Gasteiger partial charge in [0.2, 0.25) is 10.9 Å². The number of benzene rings is 2. The van der Waals surface area contributed by atoms with Crippen LogP contribution in [0.4, 0.5) is 5.13 Å². The number of carbonyl (C=O) groups is 1. The molecule has 0 spiro atoms. The molecule has 1 amide bonds. The van der Waals surface area contributed by atoms with Crippen molar-refractivity contribution in [2.75, 3.05) is 18.6 Å². The van der Waals surface area contributed by atoms with Gasteiger partial charge in [0, 0.05) is 5.02 Å². The lowest BCUT2D eigenvalue weighted by Gasteiger charge is -2.23. The lowest BCUT2D eigenvalue weighted by Crippen LogP contribution is -2.29. The van der Waals surface area contributed by atoms with Crippen LogP contribution in [0.15, 0.2) is 51.1 Å². The van der Waals surface area contributed by atoms with Gasteiger partial charge in [0.05, 0.1) is 30.7 Å². The Kier molecular flexibility index (Phi) is 5.07. The molecule has 0 N–H and O–H groups in total. The molecule has 0 aliphatic carbocycles. The quantitative estimate of drug-likeness (QED) is 0.426. The van der Waals surface area contributed by atoms with Gasteiger partial charge in [-0.25, -0.2) is 0 Å². The first kappa shape index (κ1) is 20.5. The van der Waals surface area contributed by atoms with Crippen molar-refractivity contribution in [2.24, 2.45) is 0 Å². The Balaban J connectivity index is 1.78. The highest BCUT2D eigenvalue weighted by molar-refractivity contribution is 7.13. The predicted molar refractivity (Wildman–Crippen MR) is 120 cm³/mol. The van der Waals surface area contributed by atoms with Crippen LogP contribution in [0, 0.1) is 0 Å². The Hall–Kier alpha value is -3.43.